The fourth-order valence-electron chi connectivity index (χ4n) is 1.78. The molecule has 1 amide bonds. The van der Waals surface area contributed by atoms with Crippen LogP contribution in [0.15, 0.2) is 18.3 Å². The maximum Gasteiger partial charge on any atom is 0.270 e. The van der Waals surface area contributed by atoms with Crippen molar-refractivity contribution in [2.45, 2.75) is 25.8 Å². The largest absolute Gasteiger partial charge is 0.392 e. The van der Waals surface area contributed by atoms with Gasteiger partial charge < -0.3 is 11.1 Å². The second-order valence-electron chi connectivity index (χ2n) is 4.36. The van der Waals surface area contributed by atoms with E-state index in [0.29, 0.717) is 16.6 Å². The third-order valence-electron chi connectivity index (χ3n) is 2.91. The van der Waals surface area contributed by atoms with Crippen molar-refractivity contribution in [3.63, 3.8) is 0 Å². The van der Waals surface area contributed by atoms with Crippen LogP contribution in [0.3, 0.4) is 0 Å². The topological polar surface area (TPSA) is 68.0 Å². The van der Waals surface area contributed by atoms with Crippen molar-refractivity contribution in [3.8, 4) is 0 Å². The van der Waals surface area contributed by atoms with Gasteiger partial charge in [0.1, 0.15) is 5.69 Å². The number of thiocarbonyl (C=S) groups is 1. The Morgan fingerprint density at radius 1 is 1.65 bits per heavy atom. The fourth-order valence-corrected chi connectivity index (χ4v) is 2.04. The molecule has 17 heavy (non-hydrogen) atoms. The normalized spacial score (nSPS) is 16.3. The third-order valence-corrected chi connectivity index (χ3v) is 3.16. The highest BCUT2D eigenvalue weighted by Crippen LogP contribution is 2.32. The molecule has 90 valence electrons. The summed E-state index contributed by atoms with van der Waals surface area (Å²) in [5.74, 6) is 0.202. The monoisotopic (exact) mass is 249 g/mol. The molecule has 1 atom stereocenters. The van der Waals surface area contributed by atoms with Crippen LogP contribution in [0.4, 0.5) is 0 Å². The van der Waals surface area contributed by atoms with E-state index in [-0.39, 0.29) is 11.9 Å². The molecule has 3 N–H and O–H groups in total. The molecule has 5 heteroatoms. The van der Waals surface area contributed by atoms with E-state index in [9.17, 15) is 4.79 Å². The molecule has 0 radical (unpaired) electrons. The molecular weight excluding hydrogens is 234 g/mol. The molecule has 4 nitrogen and oxygen atoms in total. The molecular formula is C12H15N3OS. The molecule has 0 aliphatic heterocycles. The van der Waals surface area contributed by atoms with Crippen LogP contribution < -0.4 is 11.1 Å². The van der Waals surface area contributed by atoms with Gasteiger partial charge in [-0.25, -0.2) is 0 Å². The molecule has 0 spiro atoms. The highest BCUT2D eigenvalue weighted by molar-refractivity contribution is 7.80. The highest BCUT2D eigenvalue weighted by Gasteiger charge is 2.34. The van der Waals surface area contributed by atoms with Crippen molar-refractivity contribution in [3.05, 3.63) is 29.6 Å². The number of carbonyl (C=O) groups is 1. The van der Waals surface area contributed by atoms with Crippen molar-refractivity contribution < 1.29 is 4.79 Å². The summed E-state index contributed by atoms with van der Waals surface area (Å²) < 4.78 is 0. The second-order valence-corrected chi connectivity index (χ2v) is 4.83. The number of aryl methyl sites for hydroxylation is 1. The van der Waals surface area contributed by atoms with E-state index in [2.05, 4.69) is 10.3 Å². The van der Waals surface area contributed by atoms with E-state index in [0.717, 1.165) is 18.4 Å². The first kappa shape index (κ1) is 12.0. The summed E-state index contributed by atoms with van der Waals surface area (Å²) in [5.41, 5.74) is 6.93. The number of hydrogen-bond acceptors (Lipinski definition) is 3. The average molecular weight is 249 g/mol. The number of carbonyl (C=O) groups excluding carboxylic acids is 1. The summed E-state index contributed by atoms with van der Waals surface area (Å²) in [7, 11) is 0. The average Bonchev–Trinajstić information content (AvgIpc) is 3.09. The molecule has 1 aliphatic carbocycles. The predicted molar refractivity (Wildman–Crippen MR) is 69.7 cm³/mol. The Morgan fingerprint density at radius 2 is 2.35 bits per heavy atom. The SMILES string of the molecule is Cc1cccnc1C(=O)NC(C(N)=S)C1CC1. The van der Waals surface area contributed by atoms with Crippen molar-refractivity contribution in [2.24, 2.45) is 11.7 Å². The minimum Gasteiger partial charge on any atom is -0.392 e. The molecule has 0 bridgehead atoms. The zero-order valence-corrected chi connectivity index (χ0v) is 10.5. The summed E-state index contributed by atoms with van der Waals surface area (Å²) >= 11 is 4.98. The van der Waals surface area contributed by atoms with Gasteiger partial charge in [0, 0.05) is 6.20 Å². The minimum absolute atomic E-state index is 0.195. The molecule has 1 aromatic rings. The van der Waals surface area contributed by atoms with Gasteiger partial charge in [-0.1, -0.05) is 18.3 Å². The smallest absolute Gasteiger partial charge is 0.270 e. The van der Waals surface area contributed by atoms with Gasteiger partial charge in [-0.2, -0.15) is 0 Å². The lowest BCUT2D eigenvalue weighted by molar-refractivity contribution is 0.0938. The first-order chi connectivity index (χ1) is 8.09. The molecule has 1 unspecified atom stereocenters. The Labute approximate surface area is 106 Å². The van der Waals surface area contributed by atoms with E-state index in [1.807, 2.05) is 13.0 Å². The van der Waals surface area contributed by atoms with Crippen LogP contribution in [-0.4, -0.2) is 21.9 Å². The van der Waals surface area contributed by atoms with E-state index in [1.165, 1.54) is 0 Å². The first-order valence-corrected chi connectivity index (χ1v) is 6.02. The molecule has 1 saturated carbocycles. The number of nitrogens with one attached hydrogen (secondary N) is 1. The number of aromatic nitrogens is 1. The molecule has 0 saturated heterocycles. The quantitative estimate of drug-likeness (QED) is 0.786. The maximum atomic E-state index is 12.0. The van der Waals surface area contributed by atoms with E-state index in [4.69, 9.17) is 18.0 Å². The lowest BCUT2D eigenvalue weighted by atomic mass is 10.1. The number of amides is 1. The fraction of sp³-hybridized carbons (Fsp3) is 0.417. The van der Waals surface area contributed by atoms with Crippen LogP contribution in [0.25, 0.3) is 0 Å². The molecule has 1 aromatic heterocycles. The van der Waals surface area contributed by atoms with Gasteiger partial charge in [-0.05, 0) is 37.3 Å². The van der Waals surface area contributed by atoms with Gasteiger partial charge in [-0.15, -0.1) is 0 Å². The molecule has 0 aromatic carbocycles. The lowest BCUT2D eigenvalue weighted by Crippen LogP contribution is -2.45. The lowest BCUT2D eigenvalue weighted by Gasteiger charge is -2.16. The second kappa shape index (κ2) is 4.79. The Bertz CT molecular complexity index is 457. The predicted octanol–water partition coefficient (Wildman–Crippen LogP) is 1.18. The van der Waals surface area contributed by atoms with Gasteiger partial charge in [0.25, 0.3) is 5.91 Å². The molecule has 1 heterocycles. The van der Waals surface area contributed by atoms with Crippen LogP contribution in [-0.2, 0) is 0 Å². The summed E-state index contributed by atoms with van der Waals surface area (Å²) in [6.45, 7) is 1.86. The van der Waals surface area contributed by atoms with E-state index in [1.54, 1.807) is 12.3 Å². The first-order valence-electron chi connectivity index (χ1n) is 5.61. The van der Waals surface area contributed by atoms with Crippen molar-refractivity contribution >= 4 is 23.1 Å². The molecule has 1 fully saturated rings. The Balaban J connectivity index is 2.10. The number of nitrogens with zero attached hydrogens (tertiary/aromatic N) is 1. The Hall–Kier alpha value is -1.49. The number of hydrogen-bond donors (Lipinski definition) is 2. The van der Waals surface area contributed by atoms with Crippen LogP contribution in [0.2, 0.25) is 0 Å². The molecule has 2 rings (SSSR count). The summed E-state index contributed by atoms with van der Waals surface area (Å²) in [6.07, 6.45) is 3.75. The zero-order valence-electron chi connectivity index (χ0n) is 9.64. The minimum atomic E-state index is -0.201. The van der Waals surface area contributed by atoms with Crippen LogP contribution in [0.5, 0.6) is 0 Å². The Kier molecular flexibility index (Phi) is 3.38. The third kappa shape index (κ3) is 2.79. The van der Waals surface area contributed by atoms with Crippen molar-refractivity contribution in [2.75, 3.05) is 0 Å². The van der Waals surface area contributed by atoms with Gasteiger partial charge in [0.2, 0.25) is 0 Å². The van der Waals surface area contributed by atoms with Gasteiger partial charge in [0.05, 0.1) is 11.0 Å². The zero-order chi connectivity index (χ0) is 12.4. The van der Waals surface area contributed by atoms with Crippen LogP contribution >= 0.6 is 12.2 Å². The Morgan fingerprint density at radius 3 is 2.88 bits per heavy atom. The summed E-state index contributed by atoms with van der Waals surface area (Å²) in [5, 5.41) is 2.87. The van der Waals surface area contributed by atoms with E-state index >= 15 is 0 Å². The van der Waals surface area contributed by atoms with Gasteiger partial charge in [0.15, 0.2) is 0 Å². The van der Waals surface area contributed by atoms with Crippen molar-refractivity contribution in [1.29, 1.82) is 0 Å². The van der Waals surface area contributed by atoms with Gasteiger partial charge in [-0.3, -0.25) is 9.78 Å². The number of rotatable bonds is 4. The van der Waals surface area contributed by atoms with Crippen molar-refractivity contribution in [1.82, 2.24) is 10.3 Å². The van der Waals surface area contributed by atoms with Crippen LogP contribution in [0, 0.1) is 12.8 Å². The summed E-state index contributed by atoms with van der Waals surface area (Å²) in [6, 6.07) is 3.46. The summed E-state index contributed by atoms with van der Waals surface area (Å²) in [4.78, 5) is 16.5. The van der Waals surface area contributed by atoms with Gasteiger partial charge >= 0.3 is 0 Å². The maximum absolute atomic E-state index is 12.0. The number of pyridine rings is 1. The van der Waals surface area contributed by atoms with E-state index < -0.39 is 0 Å². The van der Waals surface area contributed by atoms with Crippen LogP contribution in [0.1, 0.15) is 28.9 Å². The number of nitrogens with two attached hydrogens (primary N) is 1. The highest BCUT2D eigenvalue weighted by atomic mass is 32.1. The molecule has 1 aliphatic rings. The standard InChI is InChI=1S/C12H15N3OS/c1-7-3-2-6-14-9(7)12(16)15-10(11(13)17)8-4-5-8/h2-3,6,8,10H,4-5H2,1H3,(H2,13,17)(H,15,16).